The summed E-state index contributed by atoms with van der Waals surface area (Å²) in [7, 11) is 0. The predicted molar refractivity (Wildman–Crippen MR) is 131 cm³/mol. The summed E-state index contributed by atoms with van der Waals surface area (Å²) >= 11 is 2.30. The molecule has 4 rings (SSSR count). The van der Waals surface area contributed by atoms with Crippen molar-refractivity contribution in [2.45, 2.75) is 0 Å². The Morgan fingerprint density at radius 1 is 0.645 bits per heavy atom. The molecule has 4 aromatic rings. The Bertz CT molecular complexity index is 1190. The molecular formula is C24H17IN4O2. The largest absolute Gasteiger partial charge is 0.311 e. The van der Waals surface area contributed by atoms with Gasteiger partial charge in [-0.1, -0.05) is 18.2 Å². The summed E-state index contributed by atoms with van der Waals surface area (Å²) in [4.78, 5) is 12.5. The Kier molecular flexibility index (Phi) is 6.32. The lowest BCUT2D eigenvalue weighted by Crippen LogP contribution is -2.09. The Morgan fingerprint density at radius 2 is 1.10 bits per heavy atom. The van der Waals surface area contributed by atoms with Crippen LogP contribution in [0.25, 0.3) is 0 Å². The normalized spacial score (nSPS) is 10.9. The maximum atomic E-state index is 10.7. The minimum Gasteiger partial charge on any atom is -0.311 e. The zero-order chi connectivity index (χ0) is 21.6. The summed E-state index contributed by atoms with van der Waals surface area (Å²) in [5.41, 5.74) is 4.40. The third kappa shape index (κ3) is 5.13. The number of hydrogen-bond acceptors (Lipinski definition) is 5. The molecule has 31 heavy (non-hydrogen) atoms. The molecule has 0 aliphatic heterocycles. The lowest BCUT2D eigenvalue weighted by molar-refractivity contribution is -0.384. The van der Waals surface area contributed by atoms with Crippen molar-refractivity contribution >= 4 is 56.7 Å². The maximum absolute atomic E-state index is 10.7. The summed E-state index contributed by atoms with van der Waals surface area (Å²) in [5, 5.41) is 19.2. The van der Waals surface area contributed by atoms with Gasteiger partial charge in [0, 0.05) is 32.8 Å². The van der Waals surface area contributed by atoms with E-state index in [0.29, 0.717) is 11.4 Å². The van der Waals surface area contributed by atoms with Crippen LogP contribution in [-0.4, -0.2) is 4.92 Å². The molecule has 0 spiro atoms. The minimum absolute atomic E-state index is 0.0277. The molecule has 152 valence electrons. The molecule has 0 heterocycles. The third-order valence-corrected chi connectivity index (χ3v) is 5.27. The number of para-hydroxylation sites is 1. The Balaban J connectivity index is 1.59. The maximum Gasteiger partial charge on any atom is 0.269 e. The van der Waals surface area contributed by atoms with E-state index in [-0.39, 0.29) is 5.69 Å². The molecule has 0 fully saturated rings. The highest BCUT2D eigenvalue weighted by Crippen LogP contribution is 2.35. The van der Waals surface area contributed by atoms with Crippen LogP contribution in [0.3, 0.4) is 0 Å². The quantitative estimate of drug-likeness (QED) is 0.112. The van der Waals surface area contributed by atoms with Crippen LogP contribution in [0.2, 0.25) is 0 Å². The number of hydrogen-bond donors (Lipinski definition) is 0. The van der Waals surface area contributed by atoms with E-state index >= 15 is 0 Å². The number of azo groups is 1. The van der Waals surface area contributed by atoms with Crippen molar-refractivity contribution in [3.63, 3.8) is 0 Å². The Labute approximate surface area is 193 Å². The number of halogens is 1. The summed E-state index contributed by atoms with van der Waals surface area (Å²) in [6, 6.07) is 32.3. The third-order valence-electron chi connectivity index (χ3n) is 4.55. The molecule has 4 aromatic carbocycles. The van der Waals surface area contributed by atoms with Crippen molar-refractivity contribution < 1.29 is 4.92 Å². The molecule has 0 radical (unpaired) electrons. The average molecular weight is 520 g/mol. The van der Waals surface area contributed by atoms with Crippen LogP contribution >= 0.6 is 22.6 Å². The summed E-state index contributed by atoms with van der Waals surface area (Å²) in [6.07, 6.45) is 0. The van der Waals surface area contributed by atoms with Gasteiger partial charge in [0.05, 0.1) is 16.3 Å². The van der Waals surface area contributed by atoms with Gasteiger partial charge in [0.15, 0.2) is 0 Å². The van der Waals surface area contributed by atoms with Crippen LogP contribution in [-0.2, 0) is 0 Å². The summed E-state index contributed by atoms with van der Waals surface area (Å²) in [5.74, 6) is 0. The molecule has 7 heteroatoms. The van der Waals surface area contributed by atoms with E-state index in [9.17, 15) is 10.1 Å². The number of nitro groups is 1. The second-order valence-corrected chi connectivity index (χ2v) is 7.88. The van der Waals surface area contributed by atoms with Crippen molar-refractivity contribution in [1.29, 1.82) is 0 Å². The molecule has 0 atom stereocenters. The smallest absolute Gasteiger partial charge is 0.269 e. The van der Waals surface area contributed by atoms with E-state index < -0.39 is 4.92 Å². The van der Waals surface area contributed by atoms with Gasteiger partial charge in [-0.15, -0.1) is 0 Å². The highest BCUT2D eigenvalue weighted by Gasteiger charge is 2.12. The number of rotatable bonds is 6. The molecule has 6 nitrogen and oxygen atoms in total. The van der Waals surface area contributed by atoms with Crippen LogP contribution in [0, 0.1) is 13.7 Å². The molecule has 0 amide bonds. The summed E-state index contributed by atoms with van der Waals surface area (Å²) < 4.78 is 1.18. The molecule has 0 saturated heterocycles. The highest BCUT2D eigenvalue weighted by atomic mass is 127. The van der Waals surface area contributed by atoms with Gasteiger partial charge in [0.1, 0.15) is 0 Å². The van der Waals surface area contributed by atoms with Gasteiger partial charge < -0.3 is 4.90 Å². The second kappa shape index (κ2) is 9.48. The van der Waals surface area contributed by atoms with E-state index in [1.165, 1.54) is 15.7 Å². The minimum atomic E-state index is -0.439. The van der Waals surface area contributed by atoms with E-state index in [1.807, 2.05) is 42.5 Å². The van der Waals surface area contributed by atoms with E-state index in [0.717, 1.165) is 17.1 Å². The molecular weight excluding hydrogens is 503 g/mol. The summed E-state index contributed by atoms with van der Waals surface area (Å²) in [6.45, 7) is 0. The average Bonchev–Trinajstić information content (AvgIpc) is 2.81. The zero-order valence-electron chi connectivity index (χ0n) is 16.3. The van der Waals surface area contributed by atoms with Crippen molar-refractivity contribution in [1.82, 2.24) is 0 Å². The van der Waals surface area contributed by atoms with Gasteiger partial charge >= 0.3 is 0 Å². The number of anilines is 3. The first-order valence-electron chi connectivity index (χ1n) is 9.47. The van der Waals surface area contributed by atoms with Crippen molar-refractivity contribution in [3.05, 3.63) is 117 Å². The van der Waals surface area contributed by atoms with Crippen LogP contribution in [0.4, 0.5) is 34.1 Å². The van der Waals surface area contributed by atoms with Crippen molar-refractivity contribution in [2.24, 2.45) is 10.2 Å². The zero-order valence-corrected chi connectivity index (χ0v) is 18.5. The molecule has 0 bridgehead atoms. The first kappa shape index (κ1) is 20.7. The van der Waals surface area contributed by atoms with Crippen molar-refractivity contribution in [2.75, 3.05) is 4.90 Å². The molecule has 0 aromatic heterocycles. The van der Waals surface area contributed by atoms with E-state index in [4.69, 9.17) is 0 Å². The van der Waals surface area contributed by atoms with Crippen LogP contribution in [0.1, 0.15) is 0 Å². The SMILES string of the molecule is O=[N+]([O-])c1ccc(N=Nc2ccc(N(c3ccccc3)c3ccc(I)cc3)cc2)cc1. The van der Waals surface area contributed by atoms with Crippen molar-refractivity contribution in [3.8, 4) is 0 Å². The number of nitrogens with zero attached hydrogens (tertiary/aromatic N) is 4. The molecule has 0 N–H and O–H groups in total. The van der Waals surface area contributed by atoms with Crippen LogP contribution in [0.5, 0.6) is 0 Å². The van der Waals surface area contributed by atoms with E-state index in [2.05, 4.69) is 74.1 Å². The van der Waals surface area contributed by atoms with Gasteiger partial charge in [-0.2, -0.15) is 10.2 Å². The lowest BCUT2D eigenvalue weighted by atomic mass is 10.2. The van der Waals surface area contributed by atoms with Gasteiger partial charge in [-0.3, -0.25) is 10.1 Å². The molecule has 0 unspecified atom stereocenters. The monoisotopic (exact) mass is 520 g/mol. The van der Waals surface area contributed by atoms with Crippen LogP contribution in [0.15, 0.2) is 113 Å². The topological polar surface area (TPSA) is 71.1 Å². The fourth-order valence-electron chi connectivity index (χ4n) is 3.04. The second-order valence-electron chi connectivity index (χ2n) is 6.64. The van der Waals surface area contributed by atoms with Crippen LogP contribution < -0.4 is 4.90 Å². The first-order valence-corrected chi connectivity index (χ1v) is 10.5. The van der Waals surface area contributed by atoms with Gasteiger partial charge in [0.2, 0.25) is 0 Å². The molecule has 0 saturated carbocycles. The van der Waals surface area contributed by atoms with Gasteiger partial charge in [-0.05, 0) is 95.4 Å². The Hall–Kier alpha value is -3.59. The van der Waals surface area contributed by atoms with E-state index in [1.54, 1.807) is 12.1 Å². The fraction of sp³-hybridized carbons (Fsp3) is 0. The molecule has 0 aliphatic carbocycles. The predicted octanol–water partition coefficient (Wildman–Crippen LogP) is 8.08. The Morgan fingerprint density at radius 3 is 1.61 bits per heavy atom. The van der Waals surface area contributed by atoms with Gasteiger partial charge in [0.25, 0.3) is 5.69 Å². The first-order chi connectivity index (χ1) is 15.1. The highest BCUT2D eigenvalue weighted by molar-refractivity contribution is 14.1. The number of nitro benzene ring substituents is 1. The standard InChI is InChI=1S/C24H17IN4O2/c25-18-6-12-22(13-7-18)28(21-4-2-1-3-5-21)23-14-8-19(9-15-23)26-27-20-10-16-24(17-11-20)29(30)31/h1-17H. The lowest BCUT2D eigenvalue weighted by Gasteiger charge is -2.25. The van der Waals surface area contributed by atoms with Gasteiger partial charge in [-0.25, -0.2) is 0 Å². The molecule has 0 aliphatic rings. The number of benzene rings is 4. The fourth-order valence-corrected chi connectivity index (χ4v) is 3.40. The number of non-ortho nitro benzene ring substituents is 1.